The second kappa shape index (κ2) is 7.21. The van der Waals surface area contributed by atoms with E-state index in [2.05, 4.69) is 4.72 Å². The molecule has 1 aromatic rings. The fourth-order valence-electron chi connectivity index (χ4n) is 3.27. The number of amides is 1. The third kappa shape index (κ3) is 4.43. The van der Waals surface area contributed by atoms with E-state index in [1.54, 1.807) is 11.0 Å². The van der Waals surface area contributed by atoms with Gasteiger partial charge in [-0.25, -0.2) is 13.1 Å². The third-order valence-corrected chi connectivity index (χ3v) is 5.24. The van der Waals surface area contributed by atoms with Gasteiger partial charge in [0.1, 0.15) is 6.10 Å². The summed E-state index contributed by atoms with van der Waals surface area (Å²) in [5.41, 5.74) is 0. The largest absolute Gasteiger partial charge is 0.482 e. The van der Waals surface area contributed by atoms with E-state index in [0.717, 1.165) is 19.1 Å². The molecule has 0 spiro atoms. The Morgan fingerprint density at radius 2 is 1.96 bits per heavy atom. The van der Waals surface area contributed by atoms with E-state index >= 15 is 0 Å². The average Bonchev–Trinajstić information content (AvgIpc) is 2.58. The van der Waals surface area contributed by atoms with Crippen LogP contribution in [0.4, 0.5) is 0 Å². The maximum absolute atomic E-state index is 12.9. The van der Waals surface area contributed by atoms with Crippen molar-refractivity contribution in [3.8, 4) is 11.5 Å². The lowest BCUT2D eigenvalue weighted by Gasteiger charge is -2.38. The molecular formula is C17H24N2O5S. The number of nitrogens with one attached hydrogen (secondary N) is 1. The quantitative estimate of drug-likeness (QED) is 0.857. The van der Waals surface area contributed by atoms with Crippen LogP contribution in [0.2, 0.25) is 0 Å². The smallest absolute Gasteiger partial charge is 0.267 e. The van der Waals surface area contributed by atoms with Gasteiger partial charge in [0.15, 0.2) is 11.5 Å². The summed E-state index contributed by atoms with van der Waals surface area (Å²) in [5.74, 6) is 1.23. The zero-order valence-corrected chi connectivity index (χ0v) is 15.3. The SMILES string of the molecule is CC1Oc2ccccc2OC1C(=O)N1CCCC(CNS(C)(=O)=O)C1. The lowest BCUT2D eigenvalue weighted by Crippen LogP contribution is -2.53. The molecule has 1 N–H and O–H groups in total. The third-order valence-electron chi connectivity index (χ3n) is 4.55. The Morgan fingerprint density at radius 3 is 2.64 bits per heavy atom. The first-order chi connectivity index (χ1) is 11.8. The van der Waals surface area contributed by atoms with E-state index < -0.39 is 16.1 Å². The first kappa shape index (κ1) is 18.0. The van der Waals surface area contributed by atoms with Crippen molar-refractivity contribution < 1.29 is 22.7 Å². The Balaban J connectivity index is 1.64. The predicted molar refractivity (Wildman–Crippen MR) is 93.1 cm³/mol. The average molecular weight is 368 g/mol. The van der Waals surface area contributed by atoms with Crippen LogP contribution in [0.15, 0.2) is 24.3 Å². The zero-order chi connectivity index (χ0) is 18.0. The Morgan fingerprint density at radius 1 is 1.28 bits per heavy atom. The predicted octanol–water partition coefficient (Wildman–Crippen LogP) is 1.00. The molecule has 2 heterocycles. The molecular weight excluding hydrogens is 344 g/mol. The number of para-hydroxylation sites is 2. The summed E-state index contributed by atoms with van der Waals surface area (Å²) in [6.07, 6.45) is 1.83. The first-order valence-electron chi connectivity index (χ1n) is 8.49. The van der Waals surface area contributed by atoms with E-state index in [0.29, 0.717) is 31.1 Å². The number of likely N-dealkylation sites (tertiary alicyclic amines) is 1. The van der Waals surface area contributed by atoms with E-state index in [4.69, 9.17) is 9.47 Å². The highest BCUT2D eigenvalue weighted by Crippen LogP contribution is 2.34. The minimum atomic E-state index is -3.22. The maximum atomic E-state index is 12.9. The lowest BCUT2D eigenvalue weighted by molar-refractivity contribution is -0.146. The molecule has 1 fully saturated rings. The van der Waals surface area contributed by atoms with Gasteiger partial charge >= 0.3 is 0 Å². The van der Waals surface area contributed by atoms with Gasteiger partial charge < -0.3 is 14.4 Å². The van der Waals surface area contributed by atoms with Gasteiger partial charge in [0.25, 0.3) is 5.91 Å². The van der Waals surface area contributed by atoms with E-state index in [-0.39, 0.29) is 17.9 Å². The molecule has 3 atom stereocenters. The number of hydrogen-bond donors (Lipinski definition) is 1. The number of carbonyl (C=O) groups is 1. The number of piperidine rings is 1. The summed E-state index contributed by atoms with van der Waals surface area (Å²) in [6, 6.07) is 7.31. The summed E-state index contributed by atoms with van der Waals surface area (Å²) >= 11 is 0. The van der Waals surface area contributed by atoms with E-state index in [1.165, 1.54) is 0 Å². The van der Waals surface area contributed by atoms with Gasteiger partial charge in [0.2, 0.25) is 16.1 Å². The van der Waals surface area contributed by atoms with Gasteiger partial charge in [0, 0.05) is 19.6 Å². The number of carbonyl (C=O) groups excluding carboxylic acids is 1. The van der Waals surface area contributed by atoms with Crippen LogP contribution >= 0.6 is 0 Å². The highest BCUT2D eigenvalue weighted by atomic mass is 32.2. The zero-order valence-electron chi connectivity index (χ0n) is 14.5. The number of sulfonamides is 1. The minimum Gasteiger partial charge on any atom is -0.482 e. The Bertz CT molecular complexity index is 736. The van der Waals surface area contributed by atoms with Crippen LogP contribution in [0, 0.1) is 5.92 Å². The standard InChI is InChI=1S/C17H24N2O5S/c1-12-16(24-15-8-4-3-7-14(15)23-12)17(20)19-9-5-6-13(11-19)10-18-25(2,21)22/h3-4,7-8,12-13,16,18H,5-6,9-11H2,1-2H3. The van der Waals surface area contributed by atoms with Gasteiger partial charge in [0.05, 0.1) is 6.26 Å². The maximum Gasteiger partial charge on any atom is 0.267 e. The van der Waals surface area contributed by atoms with Crippen molar-refractivity contribution in [1.29, 1.82) is 0 Å². The molecule has 0 radical (unpaired) electrons. The summed E-state index contributed by atoms with van der Waals surface area (Å²) < 4.78 is 36.8. The molecule has 0 saturated carbocycles. The molecule has 3 unspecified atom stereocenters. The van der Waals surface area contributed by atoms with Crippen LogP contribution in [0.25, 0.3) is 0 Å². The van der Waals surface area contributed by atoms with Crippen LogP contribution < -0.4 is 14.2 Å². The highest BCUT2D eigenvalue weighted by molar-refractivity contribution is 7.88. The topological polar surface area (TPSA) is 84.9 Å². The molecule has 2 aliphatic rings. The number of hydrogen-bond acceptors (Lipinski definition) is 5. The first-order valence-corrected chi connectivity index (χ1v) is 10.4. The van der Waals surface area contributed by atoms with E-state index in [9.17, 15) is 13.2 Å². The molecule has 3 rings (SSSR count). The molecule has 0 bridgehead atoms. The van der Waals surface area contributed by atoms with Crippen LogP contribution in [0.3, 0.4) is 0 Å². The van der Waals surface area contributed by atoms with Crippen molar-refractivity contribution in [3.05, 3.63) is 24.3 Å². The monoisotopic (exact) mass is 368 g/mol. The van der Waals surface area contributed by atoms with Gasteiger partial charge in [-0.05, 0) is 37.8 Å². The molecule has 0 aliphatic carbocycles. The van der Waals surface area contributed by atoms with Gasteiger partial charge in [-0.15, -0.1) is 0 Å². The van der Waals surface area contributed by atoms with Crippen molar-refractivity contribution >= 4 is 15.9 Å². The molecule has 1 amide bonds. The molecule has 25 heavy (non-hydrogen) atoms. The van der Waals surface area contributed by atoms with Crippen molar-refractivity contribution in [2.24, 2.45) is 5.92 Å². The van der Waals surface area contributed by atoms with Crippen LogP contribution in [0.5, 0.6) is 11.5 Å². The van der Waals surface area contributed by atoms with Gasteiger partial charge in [-0.2, -0.15) is 0 Å². The second-order valence-corrected chi connectivity index (χ2v) is 8.55. The van der Waals surface area contributed by atoms with Crippen LogP contribution in [-0.2, 0) is 14.8 Å². The molecule has 1 aromatic carbocycles. The molecule has 8 heteroatoms. The second-order valence-electron chi connectivity index (χ2n) is 6.72. The Kier molecular flexibility index (Phi) is 5.19. The van der Waals surface area contributed by atoms with Gasteiger partial charge in [-0.1, -0.05) is 12.1 Å². The summed E-state index contributed by atoms with van der Waals surface area (Å²) in [7, 11) is -3.22. The minimum absolute atomic E-state index is 0.106. The normalized spacial score (nSPS) is 26.3. The highest BCUT2D eigenvalue weighted by Gasteiger charge is 2.38. The number of nitrogens with zero attached hydrogens (tertiary/aromatic N) is 1. The molecule has 2 aliphatic heterocycles. The van der Waals surface area contributed by atoms with Crippen molar-refractivity contribution in [1.82, 2.24) is 9.62 Å². The van der Waals surface area contributed by atoms with Crippen molar-refractivity contribution in [3.63, 3.8) is 0 Å². The summed E-state index contributed by atoms with van der Waals surface area (Å²) in [5, 5.41) is 0. The van der Waals surface area contributed by atoms with Crippen LogP contribution in [-0.4, -0.2) is 57.3 Å². The molecule has 1 saturated heterocycles. The number of ether oxygens (including phenoxy) is 2. The van der Waals surface area contributed by atoms with E-state index in [1.807, 2.05) is 25.1 Å². The number of benzene rings is 1. The molecule has 0 aromatic heterocycles. The Hall–Kier alpha value is -1.80. The van der Waals surface area contributed by atoms with Crippen LogP contribution in [0.1, 0.15) is 19.8 Å². The van der Waals surface area contributed by atoms with Gasteiger partial charge in [-0.3, -0.25) is 4.79 Å². The molecule has 7 nitrogen and oxygen atoms in total. The molecule has 138 valence electrons. The lowest BCUT2D eigenvalue weighted by atomic mass is 9.97. The summed E-state index contributed by atoms with van der Waals surface area (Å²) in [6.45, 7) is 3.35. The fraction of sp³-hybridized carbons (Fsp3) is 0.588. The Labute approximate surface area is 148 Å². The van der Waals surface area contributed by atoms with Crippen molar-refractivity contribution in [2.75, 3.05) is 25.9 Å². The number of rotatable bonds is 4. The fourth-order valence-corrected chi connectivity index (χ4v) is 3.81. The summed E-state index contributed by atoms with van der Waals surface area (Å²) in [4.78, 5) is 14.7. The van der Waals surface area contributed by atoms with Crippen molar-refractivity contribution in [2.45, 2.75) is 32.0 Å². The number of fused-ring (bicyclic) bond motifs is 1.